The second-order valence-electron chi connectivity index (χ2n) is 6.79. The number of rotatable bonds is 5. The number of thiocarbonyl (C=S) groups is 1. The molecule has 0 aliphatic heterocycles. The highest BCUT2D eigenvalue weighted by molar-refractivity contribution is 7.81. The standard InChI is InChI=1S/C21H24N2OS/c1-5-13-22-20(25)18(23-14-7-6-8-15-23)19(24)16-9-11-17(12-10-16)21(2,3)4/h5-12,14-15H,1,13H2,2-4H3,(H-,22,24,25). The van der Waals surface area contributed by atoms with Gasteiger partial charge in [0.25, 0.3) is 0 Å². The van der Waals surface area contributed by atoms with Crippen LogP contribution in [0.2, 0.25) is 0 Å². The van der Waals surface area contributed by atoms with Crippen molar-refractivity contribution in [1.29, 1.82) is 0 Å². The molecule has 0 amide bonds. The van der Waals surface area contributed by atoms with E-state index in [1.165, 1.54) is 5.56 Å². The Balaban J connectivity index is 2.50. The number of hydrogen-bond acceptors (Lipinski definition) is 2. The summed E-state index contributed by atoms with van der Waals surface area (Å²) < 4.78 is 1.75. The van der Waals surface area contributed by atoms with Crippen molar-refractivity contribution in [2.45, 2.75) is 26.2 Å². The topological polar surface area (TPSA) is 39.0 Å². The van der Waals surface area contributed by atoms with Crippen molar-refractivity contribution < 1.29 is 9.67 Å². The van der Waals surface area contributed by atoms with Crippen LogP contribution >= 0.6 is 12.2 Å². The van der Waals surface area contributed by atoms with Gasteiger partial charge < -0.3 is 10.4 Å². The zero-order valence-corrected chi connectivity index (χ0v) is 15.8. The van der Waals surface area contributed by atoms with Crippen molar-refractivity contribution >= 4 is 28.7 Å². The molecule has 0 bridgehead atoms. The normalized spacial score (nSPS) is 12.3. The number of benzene rings is 1. The molecule has 1 N–H and O–H groups in total. The second-order valence-corrected chi connectivity index (χ2v) is 7.19. The first-order chi connectivity index (χ1) is 11.8. The Labute approximate surface area is 155 Å². The summed E-state index contributed by atoms with van der Waals surface area (Å²) in [5, 5.41) is 16.2. The van der Waals surface area contributed by atoms with Gasteiger partial charge in [0.2, 0.25) is 5.70 Å². The smallest absolute Gasteiger partial charge is 0.237 e. The van der Waals surface area contributed by atoms with Gasteiger partial charge >= 0.3 is 0 Å². The number of nitrogens with one attached hydrogen (secondary N) is 1. The minimum Gasteiger partial charge on any atom is -0.867 e. The quantitative estimate of drug-likeness (QED) is 0.296. The average Bonchev–Trinajstić information content (AvgIpc) is 2.60. The molecule has 1 heterocycles. The van der Waals surface area contributed by atoms with Crippen LogP contribution in [0, 0.1) is 0 Å². The molecule has 25 heavy (non-hydrogen) atoms. The van der Waals surface area contributed by atoms with Crippen molar-refractivity contribution in [2.75, 3.05) is 6.54 Å². The van der Waals surface area contributed by atoms with Crippen LogP contribution in [0.25, 0.3) is 11.5 Å². The summed E-state index contributed by atoms with van der Waals surface area (Å²) in [5.41, 5.74) is 2.27. The molecule has 1 aromatic carbocycles. The molecular formula is C21H24N2OS. The summed E-state index contributed by atoms with van der Waals surface area (Å²) in [7, 11) is 0. The van der Waals surface area contributed by atoms with Crippen molar-refractivity contribution in [3.05, 3.63) is 78.6 Å². The van der Waals surface area contributed by atoms with E-state index in [1.54, 1.807) is 10.6 Å². The SMILES string of the molecule is C=CCNC(=S)/C(=C(/[O-])c1ccc(C(C)(C)C)cc1)[n+]1ccccc1. The van der Waals surface area contributed by atoms with Crippen LogP contribution in [0.15, 0.2) is 67.5 Å². The fraction of sp³-hybridized carbons (Fsp3) is 0.238. The first-order valence-electron chi connectivity index (χ1n) is 8.22. The van der Waals surface area contributed by atoms with Gasteiger partial charge in [-0.05, 0) is 22.3 Å². The van der Waals surface area contributed by atoms with Crippen LogP contribution in [-0.4, -0.2) is 11.5 Å². The monoisotopic (exact) mass is 352 g/mol. The summed E-state index contributed by atoms with van der Waals surface area (Å²) in [5.74, 6) is -0.113. The highest BCUT2D eigenvalue weighted by Gasteiger charge is 2.18. The van der Waals surface area contributed by atoms with Gasteiger partial charge in [-0.25, -0.2) is 0 Å². The summed E-state index contributed by atoms with van der Waals surface area (Å²) in [6, 6.07) is 13.4. The molecule has 0 saturated carbocycles. The van der Waals surface area contributed by atoms with Crippen LogP contribution in [0.4, 0.5) is 0 Å². The molecule has 0 aliphatic carbocycles. The van der Waals surface area contributed by atoms with E-state index in [4.69, 9.17) is 12.2 Å². The van der Waals surface area contributed by atoms with Gasteiger partial charge in [0.1, 0.15) is 0 Å². The lowest BCUT2D eigenvalue weighted by Crippen LogP contribution is -2.42. The van der Waals surface area contributed by atoms with Crippen LogP contribution in [0.3, 0.4) is 0 Å². The van der Waals surface area contributed by atoms with Gasteiger partial charge in [-0.1, -0.05) is 69.4 Å². The van der Waals surface area contributed by atoms with Gasteiger partial charge in [0, 0.05) is 18.7 Å². The summed E-state index contributed by atoms with van der Waals surface area (Å²) in [4.78, 5) is 0.404. The Kier molecular flexibility index (Phi) is 6.10. The van der Waals surface area contributed by atoms with E-state index >= 15 is 0 Å². The Morgan fingerprint density at radius 2 is 1.76 bits per heavy atom. The molecule has 130 valence electrons. The molecule has 0 atom stereocenters. The molecule has 2 rings (SSSR count). The predicted octanol–water partition coefficient (Wildman–Crippen LogP) is 3.06. The Bertz CT molecular complexity index is 772. The first kappa shape index (κ1) is 18.9. The van der Waals surface area contributed by atoms with Crippen LogP contribution in [0.5, 0.6) is 0 Å². The number of nitrogens with zero attached hydrogens (tertiary/aromatic N) is 1. The minimum absolute atomic E-state index is 0.0448. The highest BCUT2D eigenvalue weighted by atomic mass is 32.1. The van der Waals surface area contributed by atoms with Crippen molar-refractivity contribution in [2.24, 2.45) is 0 Å². The zero-order chi connectivity index (χ0) is 18.4. The third-order valence-electron chi connectivity index (χ3n) is 3.82. The van der Waals surface area contributed by atoms with Gasteiger partial charge in [-0.15, -0.1) is 6.58 Å². The molecule has 3 nitrogen and oxygen atoms in total. The highest BCUT2D eigenvalue weighted by Crippen LogP contribution is 2.24. The number of hydrogen-bond donors (Lipinski definition) is 1. The van der Waals surface area contributed by atoms with E-state index < -0.39 is 0 Å². The first-order valence-corrected chi connectivity index (χ1v) is 8.63. The maximum Gasteiger partial charge on any atom is 0.237 e. The summed E-state index contributed by atoms with van der Waals surface area (Å²) in [6.45, 7) is 10.6. The van der Waals surface area contributed by atoms with E-state index in [-0.39, 0.29) is 11.2 Å². The van der Waals surface area contributed by atoms with E-state index in [1.807, 2.05) is 54.9 Å². The van der Waals surface area contributed by atoms with Crippen LogP contribution < -0.4 is 15.0 Å². The zero-order valence-electron chi connectivity index (χ0n) is 15.0. The van der Waals surface area contributed by atoms with Gasteiger partial charge in [0.15, 0.2) is 17.4 Å². The van der Waals surface area contributed by atoms with Crippen molar-refractivity contribution in [3.8, 4) is 0 Å². The fourth-order valence-corrected chi connectivity index (χ4v) is 2.67. The third kappa shape index (κ3) is 4.77. The molecule has 2 aromatic rings. The minimum atomic E-state index is -0.113. The molecule has 0 radical (unpaired) electrons. The van der Waals surface area contributed by atoms with Crippen LogP contribution in [-0.2, 0) is 5.41 Å². The molecular weight excluding hydrogens is 328 g/mol. The van der Waals surface area contributed by atoms with Gasteiger partial charge in [0.05, 0.1) is 0 Å². The Morgan fingerprint density at radius 3 is 2.28 bits per heavy atom. The Morgan fingerprint density at radius 1 is 1.16 bits per heavy atom. The van der Waals surface area contributed by atoms with E-state index in [0.29, 0.717) is 22.8 Å². The summed E-state index contributed by atoms with van der Waals surface area (Å²) in [6.07, 6.45) is 5.35. The van der Waals surface area contributed by atoms with Gasteiger partial charge in [-0.3, -0.25) is 0 Å². The average molecular weight is 353 g/mol. The predicted molar refractivity (Wildman–Crippen MR) is 106 cm³/mol. The molecule has 0 unspecified atom stereocenters. The molecule has 1 aromatic heterocycles. The molecule has 4 heteroatoms. The maximum atomic E-state index is 13.1. The van der Waals surface area contributed by atoms with Crippen LogP contribution in [0.1, 0.15) is 31.9 Å². The maximum absolute atomic E-state index is 13.1. The lowest BCUT2D eigenvalue weighted by Gasteiger charge is -2.21. The van der Waals surface area contributed by atoms with E-state index in [2.05, 4.69) is 32.7 Å². The lowest BCUT2D eigenvalue weighted by atomic mass is 9.86. The second kappa shape index (κ2) is 8.08. The Hall–Kier alpha value is -2.46. The largest absolute Gasteiger partial charge is 0.867 e. The molecule has 0 saturated heterocycles. The number of aromatic nitrogens is 1. The molecule has 0 fully saturated rings. The summed E-state index contributed by atoms with van der Waals surface area (Å²) >= 11 is 5.45. The molecule has 0 aliphatic rings. The molecule has 0 spiro atoms. The van der Waals surface area contributed by atoms with Crippen molar-refractivity contribution in [3.63, 3.8) is 0 Å². The van der Waals surface area contributed by atoms with E-state index in [9.17, 15) is 5.11 Å². The van der Waals surface area contributed by atoms with E-state index in [0.717, 1.165) is 0 Å². The lowest BCUT2D eigenvalue weighted by molar-refractivity contribution is -0.577. The van der Waals surface area contributed by atoms with Gasteiger partial charge in [-0.2, -0.15) is 4.57 Å². The fourth-order valence-electron chi connectivity index (χ4n) is 2.39. The third-order valence-corrected chi connectivity index (χ3v) is 4.16. The van der Waals surface area contributed by atoms with Crippen molar-refractivity contribution in [1.82, 2.24) is 5.32 Å². The number of pyridine rings is 1.